The monoisotopic (exact) mass is 574 g/mol. The Morgan fingerprint density at radius 3 is 1.20 bits per heavy atom. The maximum Gasteiger partial charge on any atom is 0.192 e. The Kier molecular flexibility index (Phi) is 8.70. The number of nitrogens with zero attached hydrogens (tertiary/aromatic N) is 2. The number of hydrogen-bond donors (Lipinski definition) is 1. The molecule has 6 rings (SSSR count). The predicted octanol–water partition coefficient (Wildman–Crippen LogP) is 5.15. The summed E-state index contributed by atoms with van der Waals surface area (Å²) >= 11 is 0. The zero-order valence-electron chi connectivity index (χ0n) is 22.1. The van der Waals surface area contributed by atoms with Crippen LogP contribution in [0.3, 0.4) is 0 Å². The molecule has 0 aliphatic rings. The molecule has 0 saturated carbocycles. The number of hydrogen-bond acceptors (Lipinski definition) is 5. The van der Waals surface area contributed by atoms with Gasteiger partial charge in [0.1, 0.15) is 16.6 Å². The number of aromatic hydroxyl groups is 1. The lowest BCUT2D eigenvalue weighted by molar-refractivity contribution is 0.477. The van der Waals surface area contributed by atoms with Gasteiger partial charge in [0.2, 0.25) is 0 Å². The van der Waals surface area contributed by atoms with Crippen molar-refractivity contribution in [2.45, 2.75) is 0 Å². The normalized spacial score (nSPS) is 11.2. The van der Waals surface area contributed by atoms with Gasteiger partial charge in [0.25, 0.3) is 0 Å². The molecule has 2 heterocycles. The SMILES string of the molecule is O=P(c1ccccc1)(c1ccccc1)c1ccccn1.O=P(c1ccccc1)(c1ccccc1)c1ncccc1O. The molecule has 0 unspecified atom stereocenters. The summed E-state index contributed by atoms with van der Waals surface area (Å²) in [5, 5.41) is 13.1. The second kappa shape index (κ2) is 12.7. The summed E-state index contributed by atoms with van der Waals surface area (Å²) in [4.78, 5) is 8.53. The first kappa shape index (κ1) is 28.0. The molecule has 6 aromatic rings. The highest BCUT2D eigenvalue weighted by molar-refractivity contribution is 7.85. The highest BCUT2D eigenvalue weighted by atomic mass is 31.2. The van der Waals surface area contributed by atoms with Crippen molar-refractivity contribution >= 4 is 46.4 Å². The van der Waals surface area contributed by atoms with E-state index in [1.54, 1.807) is 18.5 Å². The lowest BCUT2D eigenvalue weighted by atomic mass is 10.4. The second-order valence-corrected chi connectivity index (χ2v) is 14.5. The average Bonchev–Trinajstić information content (AvgIpc) is 3.06. The van der Waals surface area contributed by atoms with Crippen molar-refractivity contribution in [2.75, 3.05) is 0 Å². The Morgan fingerprint density at radius 1 is 0.415 bits per heavy atom. The van der Waals surface area contributed by atoms with Crippen molar-refractivity contribution in [1.29, 1.82) is 0 Å². The summed E-state index contributed by atoms with van der Waals surface area (Å²) in [5.41, 5.74) is 0.847. The molecule has 5 nitrogen and oxygen atoms in total. The summed E-state index contributed by atoms with van der Waals surface area (Å²) in [7, 11) is -6.06. The van der Waals surface area contributed by atoms with E-state index >= 15 is 0 Å². The molecule has 0 bridgehead atoms. The molecule has 0 radical (unpaired) electrons. The molecular formula is C34H28N2O3P2. The van der Waals surface area contributed by atoms with E-state index in [2.05, 4.69) is 9.97 Å². The molecule has 4 aromatic carbocycles. The number of aromatic nitrogens is 2. The van der Waals surface area contributed by atoms with Gasteiger partial charge in [-0.25, -0.2) is 4.98 Å². The third-order valence-corrected chi connectivity index (χ3v) is 12.5. The van der Waals surface area contributed by atoms with Crippen molar-refractivity contribution in [3.8, 4) is 5.75 Å². The van der Waals surface area contributed by atoms with Crippen LogP contribution in [0.25, 0.3) is 0 Å². The van der Waals surface area contributed by atoms with Crippen LogP contribution in [-0.2, 0) is 9.13 Å². The third-order valence-electron chi connectivity index (χ3n) is 6.52. The van der Waals surface area contributed by atoms with E-state index in [0.717, 1.165) is 10.6 Å². The van der Waals surface area contributed by atoms with E-state index in [-0.39, 0.29) is 11.2 Å². The van der Waals surface area contributed by atoms with Crippen LogP contribution in [0.2, 0.25) is 0 Å². The van der Waals surface area contributed by atoms with Gasteiger partial charge in [-0.1, -0.05) is 127 Å². The highest BCUT2D eigenvalue weighted by Crippen LogP contribution is 2.44. The van der Waals surface area contributed by atoms with Crippen LogP contribution in [0.4, 0.5) is 0 Å². The molecule has 0 saturated heterocycles. The van der Waals surface area contributed by atoms with Crippen LogP contribution in [0, 0.1) is 0 Å². The molecule has 202 valence electrons. The molecule has 0 spiro atoms. The quantitative estimate of drug-likeness (QED) is 0.279. The van der Waals surface area contributed by atoms with Crippen LogP contribution in [0.5, 0.6) is 5.75 Å². The summed E-state index contributed by atoms with van der Waals surface area (Å²) in [6, 6.07) is 46.1. The molecule has 2 aromatic heterocycles. The summed E-state index contributed by atoms with van der Waals surface area (Å²) in [5.74, 6) is -0.0476. The summed E-state index contributed by atoms with van der Waals surface area (Å²) in [6.07, 6.45) is 3.24. The fourth-order valence-corrected chi connectivity index (χ4v) is 9.66. The minimum absolute atomic E-state index is 0.0476. The summed E-state index contributed by atoms with van der Waals surface area (Å²) in [6.45, 7) is 0. The zero-order valence-corrected chi connectivity index (χ0v) is 23.9. The number of benzene rings is 4. The van der Waals surface area contributed by atoms with Gasteiger partial charge >= 0.3 is 0 Å². The van der Waals surface area contributed by atoms with Crippen LogP contribution in [0.1, 0.15) is 0 Å². The molecule has 0 aliphatic carbocycles. The molecular weight excluding hydrogens is 546 g/mol. The maximum atomic E-state index is 13.8. The van der Waals surface area contributed by atoms with E-state index in [9.17, 15) is 14.2 Å². The Hall–Kier alpha value is -4.56. The zero-order chi connectivity index (χ0) is 28.5. The first-order chi connectivity index (χ1) is 20.0. The van der Waals surface area contributed by atoms with Crippen molar-refractivity contribution in [2.24, 2.45) is 0 Å². The van der Waals surface area contributed by atoms with Crippen molar-refractivity contribution in [3.63, 3.8) is 0 Å². The fourth-order valence-electron chi connectivity index (χ4n) is 4.53. The van der Waals surface area contributed by atoms with Gasteiger partial charge in [-0.05, 0) is 24.3 Å². The largest absolute Gasteiger partial charge is 0.506 e. The minimum atomic E-state index is -3.18. The van der Waals surface area contributed by atoms with Gasteiger partial charge in [-0.3, -0.25) is 4.98 Å². The molecule has 0 amide bonds. The topological polar surface area (TPSA) is 80.2 Å². The van der Waals surface area contributed by atoms with Crippen molar-refractivity contribution in [3.05, 3.63) is 164 Å². The smallest absolute Gasteiger partial charge is 0.192 e. The minimum Gasteiger partial charge on any atom is -0.506 e. The van der Waals surface area contributed by atoms with Crippen LogP contribution in [-0.4, -0.2) is 15.1 Å². The third kappa shape index (κ3) is 5.83. The van der Waals surface area contributed by atoms with E-state index in [1.165, 1.54) is 6.07 Å². The predicted molar refractivity (Wildman–Crippen MR) is 169 cm³/mol. The summed E-state index contributed by atoms with van der Waals surface area (Å²) < 4.78 is 27.6. The van der Waals surface area contributed by atoms with Gasteiger partial charge in [0, 0.05) is 33.6 Å². The van der Waals surface area contributed by atoms with E-state index < -0.39 is 14.3 Å². The van der Waals surface area contributed by atoms with Gasteiger partial charge in [-0.15, -0.1) is 0 Å². The van der Waals surface area contributed by atoms with Crippen LogP contribution >= 0.6 is 14.3 Å². The van der Waals surface area contributed by atoms with E-state index in [1.807, 2.05) is 140 Å². The molecule has 7 heteroatoms. The Bertz CT molecular complexity index is 1640. The highest BCUT2D eigenvalue weighted by Gasteiger charge is 2.33. The van der Waals surface area contributed by atoms with Crippen molar-refractivity contribution in [1.82, 2.24) is 9.97 Å². The average molecular weight is 575 g/mol. The maximum absolute atomic E-state index is 13.8. The number of pyridine rings is 2. The standard InChI is InChI=1S/C17H14NO2P.C17H14NOP/c19-16-12-7-13-18-17(16)21(20,14-8-3-1-4-9-14)15-10-5-2-6-11-15;19-20(15-9-3-1-4-10-15,16-11-5-2-6-12-16)17-13-7-8-14-18-17/h1-13,19H;1-14H. The van der Waals surface area contributed by atoms with Crippen LogP contribution < -0.4 is 32.1 Å². The first-order valence-electron chi connectivity index (χ1n) is 13.0. The fraction of sp³-hybridized carbons (Fsp3) is 0. The number of rotatable bonds is 6. The van der Waals surface area contributed by atoms with Gasteiger partial charge in [-0.2, -0.15) is 0 Å². The Labute approximate surface area is 240 Å². The Balaban J connectivity index is 0.000000165. The molecule has 0 aliphatic heterocycles. The lowest BCUT2D eigenvalue weighted by Crippen LogP contribution is -2.27. The van der Waals surface area contributed by atoms with E-state index in [4.69, 9.17) is 0 Å². The second-order valence-electron chi connectivity index (χ2n) is 9.09. The molecule has 0 fully saturated rings. The molecule has 1 N–H and O–H groups in total. The van der Waals surface area contributed by atoms with Gasteiger partial charge in [0.15, 0.2) is 14.3 Å². The van der Waals surface area contributed by atoms with Gasteiger partial charge in [0.05, 0.1) is 0 Å². The first-order valence-corrected chi connectivity index (χ1v) is 16.4. The van der Waals surface area contributed by atoms with Crippen molar-refractivity contribution < 1.29 is 14.2 Å². The van der Waals surface area contributed by atoms with Crippen LogP contribution in [0.15, 0.2) is 164 Å². The molecule has 0 atom stereocenters. The molecule has 41 heavy (non-hydrogen) atoms. The van der Waals surface area contributed by atoms with E-state index in [0.29, 0.717) is 16.0 Å². The van der Waals surface area contributed by atoms with Gasteiger partial charge < -0.3 is 14.2 Å². The lowest BCUT2D eigenvalue weighted by Gasteiger charge is -2.19. The Morgan fingerprint density at radius 2 is 0.805 bits per heavy atom.